The number of aryl methyl sites for hydroxylation is 2. The molecule has 2 unspecified atom stereocenters. The van der Waals surface area contributed by atoms with Crippen molar-refractivity contribution in [2.75, 3.05) is 33.4 Å². The minimum atomic E-state index is -0.593. The normalized spacial score (nSPS) is 14.9. The SMILES string of the molecule is CCOC(=O)C(Cc1ccc(OCCN(C)C2c3ccccc3CCc3cc(-c4ccccc4)ccc32)cc1)OCC. The molecule has 0 spiro atoms. The van der Waals surface area contributed by atoms with Gasteiger partial charge in [0.1, 0.15) is 12.4 Å². The maximum Gasteiger partial charge on any atom is 0.335 e. The molecule has 0 amide bonds. The van der Waals surface area contributed by atoms with Gasteiger partial charge in [-0.15, -0.1) is 0 Å². The van der Waals surface area contributed by atoms with Gasteiger partial charge in [-0.3, -0.25) is 4.90 Å². The lowest BCUT2D eigenvalue weighted by molar-refractivity contribution is -0.156. The Morgan fingerprint density at radius 1 is 0.810 bits per heavy atom. The summed E-state index contributed by atoms with van der Waals surface area (Å²) in [6.07, 6.45) is 1.95. The summed E-state index contributed by atoms with van der Waals surface area (Å²) < 4.78 is 17.0. The first-order valence-electron chi connectivity index (χ1n) is 15.0. The van der Waals surface area contributed by atoms with Crippen LogP contribution >= 0.6 is 0 Å². The summed E-state index contributed by atoms with van der Waals surface area (Å²) in [5, 5.41) is 0. The van der Waals surface area contributed by atoms with Crippen molar-refractivity contribution in [1.82, 2.24) is 4.90 Å². The molecular formula is C37H41NO4. The van der Waals surface area contributed by atoms with Gasteiger partial charge in [0.25, 0.3) is 0 Å². The first-order valence-corrected chi connectivity index (χ1v) is 15.0. The molecule has 4 aromatic carbocycles. The molecule has 218 valence electrons. The summed E-state index contributed by atoms with van der Waals surface area (Å²) >= 11 is 0. The van der Waals surface area contributed by atoms with E-state index in [1.54, 1.807) is 6.92 Å². The molecule has 5 heteroatoms. The monoisotopic (exact) mass is 563 g/mol. The third kappa shape index (κ3) is 7.10. The maximum absolute atomic E-state index is 12.2. The van der Waals surface area contributed by atoms with Gasteiger partial charge in [-0.1, -0.05) is 84.9 Å². The Hall–Kier alpha value is -3.93. The predicted molar refractivity (Wildman–Crippen MR) is 168 cm³/mol. The second-order valence-corrected chi connectivity index (χ2v) is 10.8. The van der Waals surface area contributed by atoms with Gasteiger partial charge in [-0.05, 0) is 84.8 Å². The zero-order valence-electron chi connectivity index (χ0n) is 24.9. The first kappa shape index (κ1) is 29.6. The number of ether oxygens (including phenoxy) is 3. The molecule has 2 atom stereocenters. The molecule has 0 fully saturated rings. The van der Waals surface area contributed by atoms with Gasteiger partial charge in [0.2, 0.25) is 0 Å². The number of esters is 1. The van der Waals surface area contributed by atoms with Gasteiger partial charge in [0.05, 0.1) is 12.6 Å². The lowest BCUT2D eigenvalue weighted by atomic mass is 9.91. The fraction of sp³-hybridized carbons (Fsp3) is 0.324. The number of carbonyl (C=O) groups is 1. The van der Waals surface area contributed by atoms with Gasteiger partial charge in [0, 0.05) is 19.6 Å². The number of hydrogen-bond acceptors (Lipinski definition) is 5. The van der Waals surface area contributed by atoms with Crippen molar-refractivity contribution in [2.24, 2.45) is 0 Å². The number of fused-ring (bicyclic) bond motifs is 2. The topological polar surface area (TPSA) is 48.0 Å². The molecule has 0 N–H and O–H groups in total. The fourth-order valence-corrected chi connectivity index (χ4v) is 5.86. The molecule has 0 saturated heterocycles. The molecule has 1 aliphatic carbocycles. The molecule has 0 saturated carbocycles. The van der Waals surface area contributed by atoms with Gasteiger partial charge in [-0.25, -0.2) is 4.79 Å². The zero-order valence-corrected chi connectivity index (χ0v) is 24.9. The molecule has 4 aromatic rings. The molecule has 0 radical (unpaired) electrons. The number of nitrogens with zero attached hydrogens (tertiary/aromatic N) is 1. The number of carbonyl (C=O) groups excluding carboxylic acids is 1. The Morgan fingerprint density at radius 3 is 2.29 bits per heavy atom. The number of likely N-dealkylation sites (N-methyl/N-ethyl adjacent to an activating group) is 1. The summed E-state index contributed by atoms with van der Waals surface area (Å²) in [5.41, 5.74) is 9.10. The van der Waals surface area contributed by atoms with Gasteiger partial charge < -0.3 is 14.2 Å². The van der Waals surface area contributed by atoms with E-state index in [2.05, 4.69) is 84.7 Å². The molecule has 0 aliphatic heterocycles. The van der Waals surface area contributed by atoms with Crippen molar-refractivity contribution in [3.63, 3.8) is 0 Å². The number of rotatable bonds is 12. The fourth-order valence-electron chi connectivity index (χ4n) is 5.86. The maximum atomic E-state index is 12.2. The van der Waals surface area contributed by atoms with Crippen LogP contribution in [-0.2, 0) is 33.5 Å². The van der Waals surface area contributed by atoms with Crippen LogP contribution in [0.25, 0.3) is 11.1 Å². The van der Waals surface area contributed by atoms with E-state index in [0.717, 1.165) is 30.7 Å². The average Bonchev–Trinajstić information content (AvgIpc) is 3.19. The van der Waals surface area contributed by atoms with E-state index in [1.807, 2.05) is 31.2 Å². The van der Waals surface area contributed by atoms with Crippen LogP contribution < -0.4 is 4.74 Å². The van der Waals surface area contributed by atoms with Crippen molar-refractivity contribution in [1.29, 1.82) is 0 Å². The highest BCUT2D eigenvalue weighted by molar-refractivity contribution is 5.75. The van der Waals surface area contributed by atoms with Crippen molar-refractivity contribution in [3.05, 3.63) is 125 Å². The highest BCUT2D eigenvalue weighted by atomic mass is 16.6. The van der Waals surface area contributed by atoms with Crippen molar-refractivity contribution >= 4 is 5.97 Å². The summed E-state index contributed by atoms with van der Waals surface area (Å²) in [7, 11) is 2.19. The van der Waals surface area contributed by atoms with Crippen LogP contribution in [0.5, 0.6) is 5.75 Å². The van der Waals surface area contributed by atoms with E-state index in [1.165, 1.54) is 33.4 Å². The molecule has 0 aromatic heterocycles. The number of hydrogen-bond donors (Lipinski definition) is 0. The highest BCUT2D eigenvalue weighted by Crippen LogP contribution is 2.37. The van der Waals surface area contributed by atoms with Crippen molar-refractivity contribution < 1.29 is 19.0 Å². The van der Waals surface area contributed by atoms with Crippen molar-refractivity contribution in [3.8, 4) is 16.9 Å². The number of benzene rings is 4. The summed E-state index contributed by atoms with van der Waals surface area (Å²) in [6, 6.07) is 34.5. The standard InChI is InChI=1S/C37H41NO4/c1-4-40-35(37(39)41-5-2)25-27-15-20-32(21-16-27)42-24-23-38(3)36-33-14-10-9-13-29(33)17-18-31-26-30(19-22-34(31)36)28-11-7-6-8-12-28/h6-16,19-22,26,35-36H,4-5,17-18,23-25H2,1-3H3. The highest BCUT2D eigenvalue weighted by Gasteiger charge is 2.27. The van der Waals surface area contributed by atoms with Crippen LogP contribution in [0.4, 0.5) is 0 Å². The van der Waals surface area contributed by atoms with Crippen LogP contribution in [0, 0.1) is 0 Å². The van der Waals surface area contributed by atoms with Crippen LogP contribution in [0.1, 0.15) is 47.7 Å². The van der Waals surface area contributed by atoms with Crippen LogP contribution in [-0.4, -0.2) is 50.4 Å². The summed E-state index contributed by atoms with van der Waals surface area (Å²) in [5.74, 6) is 0.492. The van der Waals surface area contributed by atoms with E-state index in [4.69, 9.17) is 14.2 Å². The third-order valence-electron chi connectivity index (χ3n) is 7.97. The minimum Gasteiger partial charge on any atom is -0.492 e. The second kappa shape index (κ2) is 14.3. The first-order chi connectivity index (χ1) is 20.6. The Labute approximate surface area is 250 Å². The third-order valence-corrected chi connectivity index (χ3v) is 7.97. The summed E-state index contributed by atoms with van der Waals surface area (Å²) in [4.78, 5) is 14.6. The van der Waals surface area contributed by atoms with E-state index < -0.39 is 6.10 Å². The molecular weight excluding hydrogens is 522 g/mol. The lowest BCUT2D eigenvalue weighted by Gasteiger charge is -2.30. The van der Waals surface area contributed by atoms with Crippen LogP contribution in [0.2, 0.25) is 0 Å². The van der Waals surface area contributed by atoms with E-state index in [9.17, 15) is 4.79 Å². The van der Waals surface area contributed by atoms with E-state index >= 15 is 0 Å². The summed E-state index contributed by atoms with van der Waals surface area (Å²) in [6.45, 7) is 5.83. The molecule has 5 rings (SSSR count). The van der Waals surface area contributed by atoms with E-state index in [-0.39, 0.29) is 12.0 Å². The second-order valence-electron chi connectivity index (χ2n) is 10.8. The van der Waals surface area contributed by atoms with Gasteiger partial charge in [-0.2, -0.15) is 0 Å². The Bertz CT molecular complexity index is 1450. The smallest absolute Gasteiger partial charge is 0.335 e. The molecule has 1 aliphatic rings. The molecule has 5 nitrogen and oxygen atoms in total. The minimum absolute atomic E-state index is 0.160. The van der Waals surface area contributed by atoms with Gasteiger partial charge >= 0.3 is 5.97 Å². The van der Waals surface area contributed by atoms with Crippen LogP contribution in [0.15, 0.2) is 97.1 Å². The largest absolute Gasteiger partial charge is 0.492 e. The lowest BCUT2D eigenvalue weighted by Crippen LogP contribution is -2.30. The van der Waals surface area contributed by atoms with Crippen molar-refractivity contribution in [2.45, 2.75) is 45.3 Å². The van der Waals surface area contributed by atoms with E-state index in [0.29, 0.717) is 26.2 Å². The quantitative estimate of drug-likeness (QED) is 0.173. The Balaban J connectivity index is 1.27. The van der Waals surface area contributed by atoms with Gasteiger partial charge in [0.15, 0.2) is 6.10 Å². The molecule has 0 bridgehead atoms. The Kier molecular flexibility index (Phi) is 10.1. The Morgan fingerprint density at radius 2 is 1.52 bits per heavy atom. The van der Waals surface area contributed by atoms with Crippen LogP contribution in [0.3, 0.4) is 0 Å². The molecule has 0 heterocycles. The predicted octanol–water partition coefficient (Wildman–Crippen LogP) is 7.06. The zero-order chi connectivity index (χ0) is 29.3. The average molecular weight is 564 g/mol. The molecule has 42 heavy (non-hydrogen) atoms.